The summed E-state index contributed by atoms with van der Waals surface area (Å²) in [5.74, 6) is 2.11. The number of nitrogens with zero attached hydrogens (tertiary/aromatic N) is 3. The number of carbonyl (C=O) groups excluding carboxylic acids is 1. The van der Waals surface area contributed by atoms with Gasteiger partial charge in [0.25, 0.3) is 0 Å². The SMILES string of the molecule is COCc1ccc(C2CCCN2C(=O)Nc2cc(N(C)C)ccn2)o1. The molecule has 2 aromatic heterocycles. The molecular weight excluding hydrogens is 320 g/mol. The Bertz CT molecular complexity index is 729. The third kappa shape index (κ3) is 3.93. The lowest BCUT2D eigenvalue weighted by molar-refractivity contribution is 0.157. The van der Waals surface area contributed by atoms with Crippen LogP contribution in [-0.4, -0.2) is 43.7 Å². The molecule has 3 rings (SSSR count). The van der Waals surface area contributed by atoms with Crippen molar-refractivity contribution >= 4 is 17.5 Å². The maximum atomic E-state index is 12.7. The maximum absolute atomic E-state index is 12.7. The van der Waals surface area contributed by atoms with Crippen LogP contribution in [-0.2, 0) is 11.3 Å². The van der Waals surface area contributed by atoms with Gasteiger partial charge in [-0.05, 0) is 31.0 Å². The quantitative estimate of drug-likeness (QED) is 0.901. The standard InChI is InChI=1S/C18H24N4O3/c1-21(2)13-8-9-19-17(11-13)20-18(23)22-10-4-5-15(22)16-7-6-14(25-16)12-24-3/h6-9,11,15H,4-5,10,12H2,1-3H3,(H,19,20,23). The minimum Gasteiger partial charge on any atom is -0.461 e. The molecule has 1 atom stereocenters. The number of rotatable bonds is 5. The molecule has 7 heteroatoms. The van der Waals surface area contributed by atoms with E-state index in [1.807, 2.05) is 43.3 Å². The molecule has 1 saturated heterocycles. The molecule has 0 aromatic carbocycles. The average molecular weight is 344 g/mol. The van der Waals surface area contributed by atoms with E-state index in [9.17, 15) is 4.79 Å². The average Bonchev–Trinajstić information content (AvgIpc) is 3.24. The van der Waals surface area contributed by atoms with Crippen molar-refractivity contribution in [3.63, 3.8) is 0 Å². The zero-order chi connectivity index (χ0) is 17.8. The molecule has 1 unspecified atom stereocenters. The van der Waals surface area contributed by atoms with Crippen LogP contribution in [0.4, 0.5) is 16.3 Å². The van der Waals surface area contributed by atoms with Gasteiger partial charge in [-0.1, -0.05) is 0 Å². The van der Waals surface area contributed by atoms with Crippen molar-refractivity contribution < 1.29 is 13.9 Å². The van der Waals surface area contributed by atoms with E-state index in [2.05, 4.69) is 10.3 Å². The number of nitrogens with one attached hydrogen (secondary N) is 1. The van der Waals surface area contributed by atoms with Crippen molar-refractivity contribution in [1.29, 1.82) is 0 Å². The highest BCUT2D eigenvalue weighted by molar-refractivity contribution is 5.89. The van der Waals surface area contributed by atoms with E-state index in [0.717, 1.165) is 30.0 Å². The molecule has 0 aliphatic carbocycles. The lowest BCUT2D eigenvalue weighted by atomic mass is 10.2. The highest BCUT2D eigenvalue weighted by atomic mass is 16.5. The summed E-state index contributed by atoms with van der Waals surface area (Å²) in [7, 11) is 5.53. The monoisotopic (exact) mass is 344 g/mol. The summed E-state index contributed by atoms with van der Waals surface area (Å²) in [5.41, 5.74) is 0.985. The summed E-state index contributed by atoms with van der Waals surface area (Å²) in [4.78, 5) is 20.7. The number of likely N-dealkylation sites (tertiary alicyclic amines) is 1. The molecule has 0 bridgehead atoms. The van der Waals surface area contributed by atoms with Crippen LogP contribution in [0.1, 0.15) is 30.4 Å². The zero-order valence-electron chi connectivity index (χ0n) is 14.9. The summed E-state index contributed by atoms with van der Waals surface area (Å²) in [6, 6.07) is 7.37. The lowest BCUT2D eigenvalue weighted by Gasteiger charge is -2.23. The van der Waals surface area contributed by atoms with Crippen molar-refractivity contribution in [2.24, 2.45) is 0 Å². The van der Waals surface area contributed by atoms with Gasteiger partial charge in [0.15, 0.2) is 0 Å². The number of carbonyl (C=O) groups is 1. The third-order valence-corrected chi connectivity index (χ3v) is 4.31. The minimum atomic E-state index is -0.157. The van der Waals surface area contributed by atoms with Crippen molar-refractivity contribution in [2.75, 3.05) is 38.0 Å². The van der Waals surface area contributed by atoms with Gasteiger partial charge < -0.3 is 19.0 Å². The van der Waals surface area contributed by atoms with Gasteiger partial charge in [0.2, 0.25) is 0 Å². The number of urea groups is 1. The van der Waals surface area contributed by atoms with Crippen molar-refractivity contribution in [1.82, 2.24) is 9.88 Å². The number of methoxy groups -OCH3 is 1. The Morgan fingerprint density at radius 2 is 2.28 bits per heavy atom. The van der Waals surface area contributed by atoms with Gasteiger partial charge in [0, 0.05) is 45.7 Å². The van der Waals surface area contributed by atoms with E-state index >= 15 is 0 Å². The summed E-state index contributed by atoms with van der Waals surface area (Å²) >= 11 is 0. The van der Waals surface area contributed by atoms with Gasteiger partial charge in [-0.25, -0.2) is 9.78 Å². The zero-order valence-corrected chi connectivity index (χ0v) is 14.9. The second-order valence-electron chi connectivity index (χ2n) is 6.31. The van der Waals surface area contributed by atoms with E-state index in [0.29, 0.717) is 19.0 Å². The van der Waals surface area contributed by atoms with Crippen molar-refractivity contribution in [2.45, 2.75) is 25.5 Å². The van der Waals surface area contributed by atoms with Gasteiger partial charge in [-0.3, -0.25) is 5.32 Å². The van der Waals surface area contributed by atoms with Gasteiger partial charge in [-0.15, -0.1) is 0 Å². The number of aromatic nitrogens is 1. The van der Waals surface area contributed by atoms with Gasteiger partial charge in [0.05, 0.1) is 6.04 Å². The van der Waals surface area contributed by atoms with Gasteiger partial charge >= 0.3 is 6.03 Å². The maximum Gasteiger partial charge on any atom is 0.323 e. The van der Waals surface area contributed by atoms with E-state index in [1.165, 1.54) is 0 Å². The number of anilines is 2. The normalized spacial score (nSPS) is 16.9. The van der Waals surface area contributed by atoms with E-state index in [4.69, 9.17) is 9.15 Å². The fourth-order valence-corrected chi connectivity index (χ4v) is 3.05. The van der Waals surface area contributed by atoms with Gasteiger partial charge in [0.1, 0.15) is 23.9 Å². The fraction of sp³-hybridized carbons (Fsp3) is 0.444. The Balaban J connectivity index is 1.71. The van der Waals surface area contributed by atoms with E-state index in [-0.39, 0.29) is 12.1 Å². The molecule has 0 saturated carbocycles. The molecule has 0 spiro atoms. The molecule has 1 N–H and O–H groups in total. The fourth-order valence-electron chi connectivity index (χ4n) is 3.05. The Kier molecular flexibility index (Phi) is 5.23. The molecule has 1 aliphatic rings. The van der Waals surface area contributed by atoms with Crippen LogP contribution in [0.5, 0.6) is 0 Å². The second-order valence-corrected chi connectivity index (χ2v) is 6.31. The number of furan rings is 1. The first kappa shape index (κ1) is 17.3. The highest BCUT2D eigenvalue weighted by Crippen LogP contribution is 2.33. The number of ether oxygens (including phenoxy) is 1. The molecule has 2 aromatic rings. The first-order chi connectivity index (χ1) is 12.1. The first-order valence-electron chi connectivity index (χ1n) is 8.37. The number of pyridine rings is 1. The van der Waals surface area contributed by atoms with Crippen molar-refractivity contribution in [3.8, 4) is 0 Å². The van der Waals surface area contributed by atoms with Crippen LogP contribution >= 0.6 is 0 Å². The molecule has 7 nitrogen and oxygen atoms in total. The summed E-state index contributed by atoms with van der Waals surface area (Å²) in [5, 5.41) is 2.89. The topological polar surface area (TPSA) is 70.8 Å². The molecule has 2 amide bonds. The largest absolute Gasteiger partial charge is 0.461 e. The van der Waals surface area contributed by atoms with Crippen LogP contribution in [0.25, 0.3) is 0 Å². The summed E-state index contributed by atoms with van der Waals surface area (Å²) in [6.07, 6.45) is 3.53. The molecule has 25 heavy (non-hydrogen) atoms. The molecule has 0 radical (unpaired) electrons. The Labute approximate surface area is 147 Å². The van der Waals surface area contributed by atoms with Crippen LogP contribution in [0.3, 0.4) is 0 Å². The predicted molar refractivity (Wildman–Crippen MR) is 95.7 cm³/mol. The third-order valence-electron chi connectivity index (χ3n) is 4.31. The molecule has 1 aliphatic heterocycles. The predicted octanol–water partition coefficient (Wildman–Crippen LogP) is 3.26. The Morgan fingerprint density at radius 3 is 3.04 bits per heavy atom. The first-order valence-corrected chi connectivity index (χ1v) is 8.37. The smallest absolute Gasteiger partial charge is 0.323 e. The number of amides is 2. The van der Waals surface area contributed by atoms with Crippen LogP contribution in [0.2, 0.25) is 0 Å². The number of hydrogen-bond acceptors (Lipinski definition) is 5. The summed E-state index contributed by atoms with van der Waals surface area (Å²) in [6.45, 7) is 1.13. The minimum absolute atomic E-state index is 0.0531. The van der Waals surface area contributed by atoms with Crippen LogP contribution < -0.4 is 10.2 Å². The lowest BCUT2D eigenvalue weighted by Crippen LogP contribution is -2.34. The van der Waals surface area contributed by atoms with E-state index in [1.54, 1.807) is 18.2 Å². The van der Waals surface area contributed by atoms with Crippen molar-refractivity contribution in [3.05, 3.63) is 42.0 Å². The molecule has 134 valence electrons. The van der Waals surface area contributed by atoms with Crippen LogP contribution in [0.15, 0.2) is 34.9 Å². The van der Waals surface area contributed by atoms with E-state index < -0.39 is 0 Å². The van der Waals surface area contributed by atoms with Crippen LogP contribution in [0, 0.1) is 0 Å². The van der Waals surface area contributed by atoms with Gasteiger partial charge in [-0.2, -0.15) is 0 Å². The number of hydrogen-bond donors (Lipinski definition) is 1. The Morgan fingerprint density at radius 1 is 1.44 bits per heavy atom. The Hall–Kier alpha value is -2.54. The second kappa shape index (κ2) is 7.57. The highest BCUT2D eigenvalue weighted by Gasteiger charge is 2.32. The molecule has 3 heterocycles. The molecular formula is C18H24N4O3. The summed E-state index contributed by atoms with van der Waals surface area (Å²) < 4.78 is 10.9. The molecule has 1 fully saturated rings.